The zero-order chi connectivity index (χ0) is 16.6. The van der Waals surface area contributed by atoms with Crippen molar-refractivity contribution in [2.45, 2.75) is 19.0 Å². The van der Waals surface area contributed by atoms with Crippen molar-refractivity contribution in [3.63, 3.8) is 0 Å². The summed E-state index contributed by atoms with van der Waals surface area (Å²) in [5.41, 5.74) is 9.15. The highest BCUT2D eigenvalue weighted by Gasteiger charge is 2.33. The Hall–Kier alpha value is -2.66. The molecule has 2 amide bonds. The van der Waals surface area contributed by atoms with Gasteiger partial charge in [0.2, 0.25) is 5.91 Å². The number of hydrogen-bond acceptors (Lipinski definition) is 3. The molecular weight excluding hydrogens is 290 g/mol. The summed E-state index contributed by atoms with van der Waals surface area (Å²) in [6, 6.07) is 13.9. The minimum absolute atomic E-state index is 0.184. The third-order valence-electron chi connectivity index (χ3n) is 4.11. The Balaban J connectivity index is 2.17. The molecule has 0 radical (unpaired) electrons. The highest BCUT2D eigenvalue weighted by Crippen LogP contribution is 2.39. The van der Waals surface area contributed by atoms with Crippen molar-refractivity contribution < 1.29 is 9.59 Å². The Morgan fingerprint density at radius 1 is 1.13 bits per heavy atom. The first-order valence-corrected chi connectivity index (χ1v) is 7.52. The van der Waals surface area contributed by atoms with E-state index in [0.29, 0.717) is 0 Å². The number of nitrogens with one attached hydrogen (secondary N) is 1. The first kappa shape index (κ1) is 15.2. The summed E-state index contributed by atoms with van der Waals surface area (Å²) in [7, 11) is 1.72. The quantitative estimate of drug-likeness (QED) is 0.888. The average Bonchev–Trinajstić information content (AvgIpc) is 2.65. The van der Waals surface area contributed by atoms with E-state index in [2.05, 4.69) is 5.32 Å². The molecule has 0 aliphatic carbocycles. The summed E-state index contributed by atoms with van der Waals surface area (Å²) in [5.74, 6) is -0.533. The molecule has 2 aromatic rings. The minimum Gasteiger partial charge on any atom is -0.339 e. The zero-order valence-electron chi connectivity index (χ0n) is 13.1. The zero-order valence-corrected chi connectivity index (χ0v) is 13.1. The van der Waals surface area contributed by atoms with Gasteiger partial charge in [0, 0.05) is 12.6 Å². The number of carbonyl (C=O) groups excluding carboxylic acids is 2. The van der Waals surface area contributed by atoms with Crippen LogP contribution in [0.15, 0.2) is 48.5 Å². The molecule has 118 valence electrons. The lowest BCUT2D eigenvalue weighted by atomic mass is 9.95. The van der Waals surface area contributed by atoms with Gasteiger partial charge in [0.25, 0.3) is 5.91 Å². The maximum Gasteiger partial charge on any atom is 0.253 e. The number of para-hydroxylation sites is 1. The number of nitrogens with zero attached hydrogens (tertiary/aromatic N) is 1. The van der Waals surface area contributed by atoms with Crippen molar-refractivity contribution in [2.75, 3.05) is 11.9 Å². The Morgan fingerprint density at radius 2 is 1.74 bits per heavy atom. The van der Waals surface area contributed by atoms with E-state index in [1.807, 2.05) is 48.5 Å². The molecule has 0 saturated carbocycles. The minimum atomic E-state index is -0.748. The molecule has 5 heteroatoms. The standard InChI is InChI=1S/C18H19N3O2/c1-11(19)17(22)20-16-14-9-4-3-7-12(14)13-8-5-6-10-15(13)21(2)18(16)23/h3-11,16H,19H2,1-2H3,(H,20,22)/t11-,16-/m0/s1. The van der Waals surface area contributed by atoms with Crippen LogP contribution in [-0.2, 0) is 9.59 Å². The molecule has 1 aliphatic heterocycles. The molecule has 0 bridgehead atoms. The monoisotopic (exact) mass is 309 g/mol. The fraction of sp³-hybridized carbons (Fsp3) is 0.222. The Morgan fingerprint density at radius 3 is 2.43 bits per heavy atom. The van der Waals surface area contributed by atoms with E-state index in [4.69, 9.17) is 5.73 Å². The molecular formula is C18H19N3O2. The number of anilines is 1. The molecule has 0 spiro atoms. The van der Waals surface area contributed by atoms with Crippen LogP contribution < -0.4 is 16.0 Å². The fourth-order valence-electron chi connectivity index (χ4n) is 2.85. The number of amides is 2. The van der Waals surface area contributed by atoms with E-state index in [-0.39, 0.29) is 11.8 Å². The second-order valence-electron chi connectivity index (χ2n) is 5.73. The molecule has 1 heterocycles. The first-order chi connectivity index (χ1) is 11.0. The molecule has 1 aliphatic rings. The van der Waals surface area contributed by atoms with Gasteiger partial charge in [0.1, 0.15) is 6.04 Å². The number of fused-ring (bicyclic) bond motifs is 3. The molecule has 23 heavy (non-hydrogen) atoms. The van der Waals surface area contributed by atoms with E-state index in [1.54, 1.807) is 18.9 Å². The third-order valence-corrected chi connectivity index (χ3v) is 4.11. The summed E-state index contributed by atoms with van der Waals surface area (Å²) in [6.45, 7) is 1.60. The Bertz CT molecular complexity index is 770. The van der Waals surface area contributed by atoms with Crippen molar-refractivity contribution >= 4 is 17.5 Å². The fourth-order valence-corrected chi connectivity index (χ4v) is 2.85. The van der Waals surface area contributed by atoms with E-state index in [9.17, 15) is 9.59 Å². The van der Waals surface area contributed by atoms with E-state index >= 15 is 0 Å². The van der Waals surface area contributed by atoms with Gasteiger partial charge in [-0.3, -0.25) is 9.59 Å². The molecule has 3 rings (SSSR count). The summed E-state index contributed by atoms with van der Waals surface area (Å²) >= 11 is 0. The summed E-state index contributed by atoms with van der Waals surface area (Å²) in [5, 5.41) is 2.77. The van der Waals surface area contributed by atoms with Gasteiger partial charge in [-0.1, -0.05) is 42.5 Å². The highest BCUT2D eigenvalue weighted by molar-refractivity contribution is 6.06. The molecule has 5 nitrogen and oxygen atoms in total. The van der Waals surface area contributed by atoms with Crippen LogP contribution in [0.25, 0.3) is 11.1 Å². The molecule has 0 unspecified atom stereocenters. The number of nitrogens with two attached hydrogens (primary N) is 1. The lowest BCUT2D eigenvalue weighted by Crippen LogP contribution is -2.46. The van der Waals surface area contributed by atoms with Crippen LogP contribution in [0.3, 0.4) is 0 Å². The summed E-state index contributed by atoms with van der Waals surface area (Å²) < 4.78 is 0. The number of rotatable bonds is 2. The number of likely N-dealkylation sites (N-methyl/N-ethyl adjacent to an activating group) is 1. The normalized spacial score (nSPS) is 17.8. The van der Waals surface area contributed by atoms with Crippen molar-refractivity contribution in [1.82, 2.24) is 5.32 Å². The second-order valence-corrected chi connectivity index (χ2v) is 5.73. The van der Waals surface area contributed by atoms with Crippen LogP contribution in [0.2, 0.25) is 0 Å². The SMILES string of the molecule is C[C@H](N)C(=O)N[C@@H]1C(=O)N(C)c2ccccc2-c2ccccc21. The maximum atomic E-state index is 12.9. The molecule has 0 saturated heterocycles. The third kappa shape index (κ3) is 2.59. The van der Waals surface area contributed by atoms with Crippen LogP contribution in [0.5, 0.6) is 0 Å². The van der Waals surface area contributed by atoms with Crippen LogP contribution in [0, 0.1) is 0 Å². The molecule has 0 fully saturated rings. The van der Waals surface area contributed by atoms with Crippen LogP contribution >= 0.6 is 0 Å². The predicted molar refractivity (Wildman–Crippen MR) is 89.8 cm³/mol. The van der Waals surface area contributed by atoms with E-state index in [1.165, 1.54) is 0 Å². The van der Waals surface area contributed by atoms with Crippen LogP contribution in [0.1, 0.15) is 18.5 Å². The number of hydrogen-bond donors (Lipinski definition) is 2. The van der Waals surface area contributed by atoms with Crippen LogP contribution in [-0.4, -0.2) is 24.9 Å². The molecule has 2 aromatic carbocycles. The largest absolute Gasteiger partial charge is 0.339 e. The van der Waals surface area contributed by atoms with Gasteiger partial charge in [-0.05, 0) is 24.1 Å². The van der Waals surface area contributed by atoms with Gasteiger partial charge >= 0.3 is 0 Å². The summed E-state index contributed by atoms with van der Waals surface area (Å²) in [6.07, 6.45) is 0. The maximum absolute atomic E-state index is 12.9. The highest BCUT2D eigenvalue weighted by atomic mass is 16.2. The van der Waals surface area contributed by atoms with Gasteiger partial charge in [0.15, 0.2) is 0 Å². The van der Waals surface area contributed by atoms with Gasteiger partial charge in [-0.2, -0.15) is 0 Å². The summed E-state index contributed by atoms with van der Waals surface area (Å²) in [4.78, 5) is 26.5. The first-order valence-electron chi connectivity index (χ1n) is 7.52. The topological polar surface area (TPSA) is 75.4 Å². The Kier molecular flexibility index (Phi) is 3.88. The van der Waals surface area contributed by atoms with Crippen molar-refractivity contribution in [3.8, 4) is 11.1 Å². The van der Waals surface area contributed by atoms with Crippen LogP contribution in [0.4, 0.5) is 5.69 Å². The molecule has 3 N–H and O–H groups in total. The lowest BCUT2D eigenvalue weighted by Gasteiger charge is -2.23. The average molecular weight is 309 g/mol. The molecule has 0 aromatic heterocycles. The number of benzene rings is 2. The van der Waals surface area contributed by atoms with Gasteiger partial charge < -0.3 is 16.0 Å². The van der Waals surface area contributed by atoms with E-state index < -0.39 is 12.1 Å². The lowest BCUT2D eigenvalue weighted by molar-refractivity contribution is -0.128. The van der Waals surface area contributed by atoms with Crippen molar-refractivity contribution in [1.29, 1.82) is 0 Å². The molecule has 2 atom stereocenters. The van der Waals surface area contributed by atoms with Gasteiger partial charge in [-0.15, -0.1) is 0 Å². The van der Waals surface area contributed by atoms with Gasteiger partial charge in [-0.25, -0.2) is 0 Å². The predicted octanol–water partition coefficient (Wildman–Crippen LogP) is 1.83. The van der Waals surface area contributed by atoms with Gasteiger partial charge in [0.05, 0.1) is 11.7 Å². The van der Waals surface area contributed by atoms with Crippen molar-refractivity contribution in [3.05, 3.63) is 54.1 Å². The second kappa shape index (κ2) is 5.85. The smallest absolute Gasteiger partial charge is 0.253 e. The Labute approximate surface area is 135 Å². The van der Waals surface area contributed by atoms with Crippen molar-refractivity contribution in [2.24, 2.45) is 5.73 Å². The van der Waals surface area contributed by atoms with E-state index in [0.717, 1.165) is 22.4 Å². The number of carbonyl (C=O) groups is 2.